The Bertz CT molecular complexity index is 877. The number of amides is 1. The predicted octanol–water partition coefficient (Wildman–Crippen LogP) is 3.89. The molecule has 3 aromatic rings. The highest BCUT2D eigenvalue weighted by atomic mass is 35.5. The fourth-order valence-electron chi connectivity index (χ4n) is 2.24. The zero-order valence-electron chi connectivity index (χ0n) is 13.7. The maximum absolute atomic E-state index is 12.3. The number of methoxy groups -OCH3 is 1. The molecule has 0 radical (unpaired) electrons. The molecule has 0 aliphatic carbocycles. The molecule has 7 heteroatoms. The molecule has 0 spiro atoms. The quantitative estimate of drug-likeness (QED) is 0.749. The van der Waals surface area contributed by atoms with E-state index in [1.54, 1.807) is 38.3 Å². The third-order valence-electron chi connectivity index (χ3n) is 3.59. The maximum Gasteiger partial charge on any atom is 0.251 e. The highest BCUT2D eigenvalue weighted by Gasteiger charge is 2.18. The highest BCUT2D eigenvalue weighted by Crippen LogP contribution is 2.21. The van der Waals surface area contributed by atoms with E-state index in [1.807, 2.05) is 24.3 Å². The van der Waals surface area contributed by atoms with Gasteiger partial charge in [-0.15, -0.1) is 0 Å². The molecular weight excluding hydrogens is 342 g/mol. The molecule has 0 aliphatic heterocycles. The van der Waals surface area contributed by atoms with Crippen LogP contribution in [0.2, 0.25) is 5.02 Å². The molecule has 0 aliphatic rings. The van der Waals surface area contributed by atoms with Crippen LogP contribution in [-0.2, 0) is 0 Å². The van der Waals surface area contributed by atoms with E-state index < -0.39 is 6.04 Å². The Kier molecular flexibility index (Phi) is 5.00. The summed E-state index contributed by atoms with van der Waals surface area (Å²) in [5.74, 6) is 1.25. The van der Waals surface area contributed by atoms with Crippen molar-refractivity contribution in [2.24, 2.45) is 0 Å². The van der Waals surface area contributed by atoms with Gasteiger partial charge in [-0.05, 0) is 49.4 Å². The van der Waals surface area contributed by atoms with Gasteiger partial charge in [0.05, 0.1) is 7.11 Å². The number of ether oxygens (including phenoxy) is 1. The van der Waals surface area contributed by atoms with Crippen molar-refractivity contribution in [2.45, 2.75) is 13.0 Å². The Morgan fingerprint density at radius 1 is 1.24 bits per heavy atom. The van der Waals surface area contributed by atoms with Crippen LogP contribution in [0.1, 0.15) is 29.2 Å². The lowest BCUT2D eigenvalue weighted by Crippen LogP contribution is -2.26. The first-order valence-corrected chi connectivity index (χ1v) is 7.99. The molecule has 1 aromatic heterocycles. The van der Waals surface area contributed by atoms with Crippen LogP contribution in [0, 0.1) is 0 Å². The normalized spacial score (nSPS) is 11.8. The zero-order chi connectivity index (χ0) is 17.8. The lowest BCUT2D eigenvalue weighted by Gasteiger charge is -2.09. The van der Waals surface area contributed by atoms with E-state index in [0.29, 0.717) is 22.3 Å². The molecule has 25 heavy (non-hydrogen) atoms. The van der Waals surface area contributed by atoms with Crippen LogP contribution in [0.4, 0.5) is 0 Å². The third-order valence-corrected chi connectivity index (χ3v) is 3.83. The van der Waals surface area contributed by atoms with Crippen LogP contribution in [0.25, 0.3) is 11.4 Å². The number of carbonyl (C=O) groups excluding carboxylic acids is 1. The number of hydrogen-bond donors (Lipinski definition) is 1. The molecule has 0 saturated heterocycles. The molecule has 2 aromatic carbocycles. The van der Waals surface area contributed by atoms with Crippen LogP contribution in [0.15, 0.2) is 53.1 Å². The largest absolute Gasteiger partial charge is 0.497 e. The summed E-state index contributed by atoms with van der Waals surface area (Å²) in [5.41, 5.74) is 1.26. The van der Waals surface area contributed by atoms with E-state index in [0.717, 1.165) is 11.3 Å². The number of aromatic nitrogens is 2. The molecule has 1 heterocycles. The van der Waals surface area contributed by atoms with Crippen molar-refractivity contribution >= 4 is 17.5 Å². The van der Waals surface area contributed by atoms with Gasteiger partial charge in [0, 0.05) is 16.1 Å². The first kappa shape index (κ1) is 17.0. The molecule has 6 nitrogen and oxygen atoms in total. The van der Waals surface area contributed by atoms with Crippen molar-refractivity contribution < 1.29 is 14.1 Å². The summed E-state index contributed by atoms with van der Waals surface area (Å²) < 4.78 is 10.4. The van der Waals surface area contributed by atoms with Gasteiger partial charge in [-0.1, -0.05) is 22.8 Å². The van der Waals surface area contributed by atoms with Gasteiger partial charge in [-0.3, -0.25) is 4.79 Å². The van der Waals surface area contributed by atoms with E-state index in [4.69, 9.17) is 20.9 Å². The number of nitrogens with one attached hydrogen (secondary N) is 1. The third kappa shape index (κ3) is 3.97. The molecule has 1 atom stereocenters. The Balaban J connectivity index is 1.71. The minimum Gasteiger partial charge on any atom is -0.497 e. The van der Waals surface area contributed by atoms with Crippen LogP contribution < -0.4 is 10.1 Å². The topological polar surface area (TPSA) is 77.3 Å². The van der Waals surface area contributed by atoms with Gasteiger partial charge in [0.1, 0.15) is 11.8 Å². The summed E-state index contributed by atoms with van der Waals surface area (Å²) in [6, 6.07) is 13.6. The second-order valence-corrected chi connectivity index (χ2v) is 5.83. The van der Waals surface area contributed by atoms with Crippen LogP contribution in [0.3, 0.4) is 0 Å². The Labute approximate surface area is 149 Å². The highest BCUT2D eigenvalue weighted by molar-refractivity contribution is 6.30. The standard InChI is InChI=1S/C18H16ClN3O3/c1-11(20-17(23)13-4-3-5-14(19)10-13)18-21-16(22-25-18)12-6-8-15(24-2)9-7-12/h3-11H,1-2H3,(H,20,23)/t11-/m1/s1. The SMILES string of the molecule is COc1ccc(-c2noc([C@@H](C)NC(=O)c3cccc(Cl)c3)n2)cc1. The second-order valence-electron chi connectivity index (χ2n) is 5.39. The van der Waals surface area contributed by atoms with Crippen molar-refractivity contribution in [2.75, 3.05) is 7.11 Å². The van der Waals surface area contributed by atoms with Gasteiger partial charge in [0.2, 0.25) is 11.7 Å². The minimum absolute atomic E-state index is 0.265. The molecule has 0 saturated carbocycles. The Morgan fingerprint density at radius 2 is 2.00 bits per heavy atom. The zero-order valence-corrected chi connectivity index (χ0v) is 14.4. The van der Waals surface area contributed by atoms with E-state index in [9.17, 15) is 4.79 Å². The number of benzene rings is 2. The molecule has 1 amide bonds. The fraction of sp³-hybridized carbons (Fsp3) is 0.167. The monoisotopic (exact) mass is 357 g/mol. The first-order valence-electron chi connectivity index (χ1n) is 7.61. The van der Waals surface area contributed by atoms with E-state index in [-0.39, 0.29) is 5.91 Å². The minimum atomic E-state index is -0.439. The summed E-state index contributed by atoms with van der Waals surface area (Å²) >= 11 is 5.91. The van der Waals surface area contributed by atoms with Crippen LogP contribution in [0.5, 0.6) is 5.75 Å². The first-order chi connectivity index (χ1) is 12.1. The van der Waals surface area contributed by atoms with E-state index in [1.165, 1.54) is 0 Å². The van der Waals surface area contributed by atoms with Crippen LogP contribution in [-0.4, -0.2) is 23.2 Å². The van der Waals surface area contributed by atoms with Crippen LogP contribution >= 0.6 is 11.6 Å². The number of carbonyl (C=O) groups is 1. The van der Waals surface area contributed by atoms with Gasteiger partial charge >= 0.3 is 0 Å². The molecule has 0 unspecified atom stereocenters. The second kappa shape index (κ2) is 7.36. The van der Waals surface area contributed by atoms with Crippen molar-refractivity contribution in [1.82, 2.24) is 15.5 Å². The molecule has 128 valence electrons. The fourth-order valence-corrected chi connectivity index (χ4v) is 2.43. The molecular formula is C18H16ClN3O3. The average molecular weight is 358 g/mol. The summed E-state index contributed by atoms with van der Waals surface area (Å²) in [6.07, 6.45) is 0. The van der Waals surface area contributed by atoms with E-state index >= 15 is 0 Å². The molecule has 3 rings (SSSR count). The van der Waals surface area contributed by atoms with Crippen molar-refractivity contribution in [3.8, 4) is 17.1 Å². The summed E-state index contributed by atoms with van der Waals surface area (Å²) in [5, 5.41) is 7.27. The number of nitrogens with zero attached hydrogens (tertiary/aromatic N) is 2. The summed E-state index contributed by atoms with van der Waals surface area (Å²) in [6.45, 7) is 1.77. The number of rotatable bonds is 5. The van der Waals surface area contributed by atoms with Crippen molar-refractivity contribution in [1.29, 1.82) is 0 Å². The van der Waals surface area contributed by atoms with Crippen molar-refractivity contribution in [3.63, 3.8) is 0 Å². The van der Waals surface area contributed by atoms with Gasteiger partial charge in [0.15, 0.2) is 0 Å². The maximum atomic E-state index is 12.3. The van der Waals surface area contributed by atoms with Gasteiger partial charge in [-0.25, -0.2) is 0 Å². The van der Waals surface area contributed by atoms with Gasteiger partial charge in [0.25, 0.3) is 5.91 Å². The lowest BCUT2D eigenvalue weighted by molar-refractivity contribution is 0.0932. The Hall–Kier alpha value is -2.86. The van der Waals surface area contributed by atoms with Crippen molar-refractivity contribution in [3.05, 3.63) is 65.0 Å². The summed E-state index contributed by atoms with van der Waals surface area (Å²) in [4.78, 5) is 16.6. The number of halogens is 1. The van der Waals surface area contributed by atoms with Gasteiger partial charge < -0.3 is 14.6 Å². The smallest absolute Gasteiger partial charge is 0.251 e. The lowest BCUT2D eigenvalue weighted by atomic mass is 10.2. The van der Waals surface area contributed by atoms with Gasteiger partial charge in [-0.2, -0.15) is 4.98 Å². The molecule has 0 bridgehead atoms. The predicted molar refractivity (Wildman–Crippen MR) is 93.6 cm³/mol. The molecule has 1 N–H and O–H groups in total. The Morgan fingerprint density at radius 3 is 2.68 bits per heavy atom. The number of hydrogen-bond acceptors (Lipinski definition) is 5. The summed E-state index contributed by atoms with van der Waals surface area (Å²) in [7, 11) is 1.60. The average Bonchev–Trinajstić information content (AvgIpc) is 3.12. The van der Waals surface area contributed by atoms with E-state index in [2.05, 4.69) is 15.5 Å². The molecule has 0 fully saturated rings.